The van der Waals surface area contributed by atoms with E-state index in [4.69, 9.17) is 4.74 Å². The van der Waals surface area contributed by atoms with Gasteiger partial charge in [0.1, 0.15) is 0 Å². The minimum Gasteiger partial charge on any atom is -0.493 e. The average molecular weight is 378 g/mol. The number of amides is 1. The highest BCUT2D eigenvalue weighted by atomic mass is 19.3. The molecule has 27 heavy (non-hydrogen) atoms. The molecule has 0 aliphatic heterocycles. The van der Waals surface area contributed by atoms with Crippen molar-refractivity contribution in [1.82, 2.24) is 4.90 Å². The second-order valence-electron chi connectivity index (χ2n) is 6.19. The maximum absolute atomic E-state index is 12.7. The molecule has 0 aliphatic rings. The summed E-state index contributed by atoms with van der Waals surface area (Å²) < 4.78 is 34.4. The maximum Gasteiger partial charge on any atom is 0.387 e. The normalized spacial score (nSPS) is 12.1. The molecule has 0 fully saturated rings. The number of para-hydroxylation sites is 1. The van der Waals surface area contributed by atoms with E-state index in [0.29, 0.717) is 6.54 Å². The third-order valence-electron chi connectivity index (χ3n) is 4.37. The second-order valence-corrected chi connectivity index (χ2v) is 6.19. The number of hydrogen-bond donors (Lipinski definition) is 0. The monoisotopic (exact) mass is 378 g/mol. The largest absolute Gasteiger partial charge is 0.493 e. The highest BCUT2D eigenvalue weighted by Gasteiger charge is 2.23. The van der Waals surface area contributed by atoms with Crippen molar-refractivity contribution in [2.24, 2.45) is 0 Å². The Morgan fingerprint density at radius 3 is 2.33 bits per heavy atom. The number of ether oxygens (including phenoxy) is 2. The minimum atomic E-state index is -2.92. The van der Waals surface area contributed by atoms with Gasteiger partial charge in [-0.2, -0.15) is 8.78 Å². The lowest BCUT2D eigenvalue weighted by molar-refractivity contribution is -0.122. The smallest absolute Gasteiger partial charge is 0.387 e. The van der Waals surface area contributed by atoms with Crippen LogP contribution in [0.2, 0.25) is 0 Å². The quantitative estimate of drug-likeness (QED) is 0.701. The topological polar surface area (TPSA) is 42.0 Å². The summed E-state index contributed by atoms with van der Waals surface area (Å²) in [7, 11) is 4.96. The van der Waals surface area contributed by atoms with Crippen LogP contribution in [0.3, 0.4) is 0 Å². The zero-order valence-electron chi connectivity index (χ0n) is 15.9. The zero-order chi connectivity index (χ0) is 20.0. The fraction of sp³-hybridized carbons (Fsp3) is 0.350. The Kier molecular flexibility index (Phi) is 7.12. The summed E-state index contributed by atoms with van der Waals surface area (Å²) in [6.45, 7) is -0.646. The van der Waals surface area contributed by atoms with Gasteiger partial charge in [-0.25, -0.2) is 0 Å². The van der Waals surface area contributed by atoms with Gasteiger partial charge < -0.3 is 14.4 Å². The molecule has 0 saturated heterocycles. The number of nitrogens with zero attached hydrogens (tertiary/aromatic N) is 2. The van der Waals surface area contributed by atoms with Gasteiger partial charge in [0, 0.05) is 19.3 Å². The van der Waals surface area contributed by atoms with E-state index < -0.39 is 6.61 Å². The summed E-state index contributed by atoms with van der Waals surface area (Å²) >= 11 is 0. The van der Waals surface area contributed by atoms with E-state index in [9.17, 15) is 13.6 Å². The molecule has 2 aromatic carbocycles. The third kappa shape index (κ3) is 5.40. The van der Waals surface area contributed by atoms with Crippen molar-refractivity contribution >= 4 is 11.6 Å². The van der Waals surface area contributed by atoms with Crippen molar-refractivity contribution < 1.29 is 23.0 Å². The van der Waals surface area contributed by atoms with Crippen molar-refractivity contribution in [1.29, 1.82) is 0 Å². The molecule has 0 unspecified atom stereocenters. The number of carbonyl (C=O) groups is 1. The Balaban J connectivity index is 2.07. The number of rotatable bonds is 8. The molecule has 2 aromatic rings. The number of likely N-dealkylation sites (N-methyl/N-ethyl adjacent to an activating group) is 2. The van der Waals surface area contributed by atoms with Crippen LogP contribution in [-0.2, 0) is 11.3 Å². The Morgan fingerprint density at radius 2 is 1.74 bits per heavy atom. The van der Waals surface area contributed by atoms with Gasteiger partial charge in [0.2, 0.25) is 5.91 Å². The third-order valence-corrected chi connectivity index (χ3v) is 4.37. The Labute approximate surface area is 158 Å². The summed E-state index contributed by atoms with van der Waals surface area (Å²) in [4.78, 5) is 16.2. The highest BCUT2D eigenvalue weighted by Crippen LogP contribution is 2.30. The zero-order valence-corrected chi connectivity index (χ0v) is 15.9. The molecule has 7 heteroatoms. The van der Waals surface area contributed by atoms with Gasteiger partial charge in [0.05, 0.1) is 13.2 Å². The predicted octanol–water partition coefficient (Wildman–Crippen LogP) is 3.78. The minimum absolute atomic E-state index is 0.0214. The molecule has 0 radical (unpaired) electrons. The summed E-state index contributed by atoms with van der Waals surface area (Å²) in [6, 6.07) is 13.8. The Morgan fingerprint density at radius 1 is 1.07 bits per heavy atom. The van der Waals surface area contributed by atoms with E-state index in [0.717, 1.165) is 11.3 Å². The van der Waals surface area contributed by atoms with Crippen LogP contribution in [0.4, 0.5) is 14.5 Å². The molecule has 0 spiro atoms. The Hall–Kier alpha value is -2.67. The van der Waals surface area contributed by atoms with Crippen molar-refractivity contribution in [3.8, 4) is 11.5 Å². The van der Waals surface area contributed by atoms with E-state index in [-0.39, 0.29) is 23.4 Å². The molecule has 2 rings (SSSR count). The molecular formula is C20H24F2N2O3. The summed E-state index contributed by atoms with van der Waals surface area (Å²) in [6.07, 6.45) is 0. The van der Waals surface area contributed by atoms with Crippen LogP contribution in [-0.4, -0.2) is 44.7 Å². The number of methoxy groups -OCH3 is 1. The fourth-order valence-corrected chi connectivity index (χ4v) is 2.68. The molecule has 146 valence electrons. The lowest BCUT2D eigenvalue weighted by Crippen LogP contribution is -2.43. The summed E-state index contributed by atoms with van der Waals surface area (Å²) in [5, 5.41) is 0. The van der Waals surface area contributed by atoms with Gasteiger partial charge in [-0.05, 0) is 43.8 Å². The molecular weight excluding hydrogens is 354 g/mol. The fourth-order valence-electron chi connectivity index (χ4n) is 2.68. The van der Waals surface area contributed by atoms with Gasteiger partial charge in [0.25, 0.3) is 0 Å². The van der Waals surface area contributed by atoms with Crippen LogP contribution in [0.5, 0.6) is 11.5 Å². The Bertz CT molecular complexity index is 756. The van der Waals surface area contributed by atoms with E-state index in [1.807, 2.05) is 49.2 Å². The number of alkyl halides is 2. The summed E-state index contributed by atoms with van der Waals surface area (Å²) in [5.41, 5.74) is 1.64. The average Bonchev–Trinajstić information content (AvgIpc) is 2.67. The van der Waals surface area contributed by atoms with Crippen LogP contribution in [0, 0.1) is 0 Å². The first-order valence-corrected chi connectivity index (χ1v) is 8.48. The number of halogens is 2. The first-order valence-electron chi connectivity index (χ1n) is 8.48. The van der Waals surface area contributed by atoms with Gasteiger partial charge in [0.15, 0.2) is 11.5 Å². The van der Waals surface area contributed by atoms with Crippen molar-refractivity contribution in [2.45, 2.75) is 26.1 Å². The standard InChI is InChI=1S/C20H24F2N2O3/c1-14(19(25)24(3)16-8-6-5-7-9-16)23(2)13-15-10-11-17(27-20(21)22)18(12-15)26-4/h5-12,14,20H,13H2,1-4H3/t14-/m1/s1. The molecule has 5 nitrogen and oxygen atoms in total. The van der Waals surface area contributed by atoms with Gasteiger partial charge in [-0.3, -0.25) is 9.69 Å². The summed E-state index contributed by atoms with van der Waals surface area (Å²) in [5.74, 6) is 0.154. The van der Waals surface area contributed by atoms with Gasteiger partial charge >= 0.3 is 6.61 Å². The van der Waals surface area contributed by atoms with Crippen molar-refractivity contribution in [2.75, 3.05) is 26.1 Å². The number of anilines is 1. The van der Waals surface area contributed by atoms with E-state index >= 15 is 0 Å². The number of carbonyl (C=O) groups excluding carboxylic acids is 1. The van der Waals surface area contributed by atoms with Gasteiger partial charge in [-0.15, -0.1) is 0 Å². The van der Waals surface area contributed by atoms with Crippen LogP contribution in [0.15, 0.2) is 48.5 Å². The lowest BCUT2D eigenvalue weighted by Gasteiger charge is -2.28. The van der Waals surface area contributed by atoms with E-state index in [2.05, 4.69) is 4.74 Å². The van der Waals surface area contributed by atoms with Gasteiger partial charge in [-0.1, -0.05) is 24.3 Å². The number of hydrogen-bond acceptors (Lipinski definition) is 4. The molecule has 0 bridgehead atoms. The van der Waals surface area contributed by atoms with Crippen LogP contribution in [0.25, 0.3) is 0 Å². The molecule has 0 heterocycles. The van der Waals surface area contributed by atoms with Crippen molar-refractivity contribution in [3.63, 3.8) is 0 Å². The second kappa shape index (κ2) is 9.32. The van der Waals surface area contributed by atoms with Crippen LogP contribution in [0.1, 0.15) is 12.5 Å². The molecule has 0 saturated carbocycles. The molecule has 1 amide bonds. The van der Waals surface area contributed by atoms with E-state index in [1.165, 1.54) is 13.2 Å². The molecule has 0 aliphatic carbocycles. The first-order chi connectivity index (χ1) is 12.8. The predicted molar refractivity (Wildman–Crippen MR) is 100 cm³/mol. The maximum atomic E-state index is 12.7. The first kappa shape index (κ1) is 20.6. The molecule has 0 aromatic heterocycles. The van der Waals surface area contributed by atoms with Crippen LogP contribution >= 0.6 is 0 Å². The molecule has 0 N–H and O–H groups in total. The highest BCUT2D eigenvalue weighted by molar-refractivity contribution is 5.96. The lowest BCUT2D eigenvalue weighted by atomic mass is 10.1. The SMILES string of the molecule is COc1cc(CN(C)[C@H](C)C(=O)N(C)c2ccccc2)ccc1OC(F)F. The van der Waals surface area contributed by atoms with E-state index in [1.54, 1.807) is 24.1 Å². The number of benzene rings is 2. The molecule has 1 atom stereocenters. The van der Waals surface area contributed by atoms with Crippen LogP contribution < -0.4 is 14.4 Å². The van der Waals surface area contributed by atoms with Crippen molar-refractivity contribution in [3.05, 3.63) is 54.1 Å².